The van der Waals surface area contributed by atoms with Gasteiger partial charge in [-0.2, -0.15) is 13.2 Å². The highest BCUT2D eigenvalue weighted by Gasteiger charge is 2.30. The number of furan rings is 1. The van der Waals surface area contributed by atoms with E-state index in [9.17, 15) is 13.2 Å². The van der Waals surface area contributed by atoms with Crippen molar-refractivity contribution in [3.63, 3.8) is 0 Å². The van der Waals surface area contributed by atoms with E-state index >= 15 is 0 Å². The Morgan fingerprint density at radius 3 is 2.50 bits per heavy atom. The number of nitrogens with zero attached hydrogens (tertiary/aromatic N) is 2. The number of rotatable bonds is 8. The molecule has 0 spiro atoms. The first-order valence-corrected chi connectivity index (χ1v) is 9.61. The van der Waals surface area contributed by atoms with Crippen molar-refractivity contribution in [1.82, 2.24) is 15.6 Å². The second-order valence-corrected chi connectivity index (χ2v) is 6.62. The van der Waals surface area contributed by atoms with Crippen LogP contribution in [0.25, 0.3) is 0 Å². The molecule has 0 aliphatic rings. The van der Waals surface area contributed by atoms with Gasteiger partial charge in [0.25, 0.3) is 0 Å². The lowest BCUT2D eigenvalue weighted by Gasteiger charge is -2.13. The lowest BCUT2D eigenvalue weighted by Crippen LogP contribution is -2.39. The van der Waals surface area contributed by atoms with Gasteiger partial charge in [0.2, 0.25) is 0 Å². The topological polar surface area (TPSA) is 62.5 Å². The molecule has 0 aliphatic heterocycles. The highest BCUT2D eigenvalue weighted by atomic mass is 19.4. The predicted molar refractivity (Wildman–Crippen MR) is 109 cm³/mol. The Morgan fingerprint density at radius 2 is 1.80 bits per heavy atom. The van der Waals surface area contributed by atoms with Crippen molar-refractivity contribution in [2.24, 2.45) is 4.99 Å². The van der Waals surface area contributed by atoms with Crippen LogP contribution in [0.4, 0.5) is 13.2 Å². The molecule has 158 valence electrons. The summed E-state index contributed by atoms with van der Waals surface area (Å²) >= 11 is 0. The maximum absolute atomic E-state index is 12.9. The minimum atomic E-state index is -4.37. The van der Waals surface area contributed by atoms with E-state index in [1.165, 1.54) is 6.07 Å². The summed E-state index contributed by atoms with van der Waals surface area (Å²) in [7, 11) is 0. The van der Waals surface area contributed by atoms with E-state index in [-0.39, 0.29) is 6.54 Å². The fourth-order valence-corrected chi connectivity index (χ4v) is 2.80. The second-order valence-electron chi connectivity index (χ2n) is 6.62. The van der Waals surface area contributed by atoms with Gasteiger partial charge in [-0.05, 0) is 42.0 Å². The van der Waals surface area contributed by atoms with Gasteiger partial charge in [-0.25, -0.2) is 4.99 Å². The SMILES string of the molecule is FC(F)(F)c1cccc(CN=C(NCCc2ccccn2)NCCc2ccco2)c1. The summed E-state index contributed by atoms with van der Waals surface area (Å²) in [6.45, 7) is 1.29. The van der Waals surface area contributed by atoms with E-state index in [1.54, 1.807) is 18.5 Å². The Kier molecular flexibility index (Phi) is 7.48. The Balaban J connectivity index is 1.61. The van der Waals surface area contributed by atoms with Crippen LogP contribution in [0.5, 0.6) is 0 Å². The third-order valence-corrected chi connectivity index (χ3v) is 4.32. The van der Waals surface area contributed by atoms with Gasteiger partial charge in [-0.15, -0.1) is 0 Å². The third-order valence-electron chi connectivity index (χ3n) is 4.32. The molecule has 0 aliphatic carbocycles. The van der Waals surface area contributed by atoms with Crippen LogP contribution in [0.1, 0.15) is 22.6 Å². The maximum atomic E-state index is 12.9. The van der Waals surface area contributed by atoms with Crippen molar-refractivity contribution < 1.29 is 17.6 Å². The fraction of sp³-hybridized carbons (Fsp3) is 0.273. The minimum Gasteiger partial charge on any atom is -0.469 e. The van der Waals surface area contributed by atoms with Crippen molar-refractivity contribution in [3.8, 4) is 0 Å². The number of pyridine rings is 1. The molecule has 5 nitrogen and oxygen atoms in total. The molecule has 0 radical (unpaired) electrons. The molecule has 3 aromatic rings. The first kappa shape index (κ1) is 21.4. The lowest BCUT2D eigenvalue weighted by atomic mass is 10.1. The molecule has 8 heteroatoms. The molecular formula is C22H23F3N4O. The minimum absolute atomic E-state index is 0.129. The highest BCUT2D eigenvalue weighted by Crippen LogP contribution is 2.29. The summed E-state index contributed by atoms with van der Waals surface area (Å²) in [4.78, 5) is 8.72. The van der Waals surface area contributed by atoms with E-state index in [2.05, 4.69) is 20.6 Å². The number of aliphatic imine (C=N–C) groups is 1. The molecule has 0 saturated carbocycles. The largest absolute Gasteiger partial charge is 0.469 e. The number of benzene rings is 1. The zero-order valence-electron chi connectivity index (χ0n) is 16.3. The first-order chi connectivity index (χ1) is 14.5. The smallest absolute Gasteiger partial charge is 0.416 e. The van der Waals surface area contributed by atoms with Gasteiger partial charge in [-0.3, -0.25) is 4.98 Å². The molecule has 0 amide bonds. The molecule has 2 heterocycles. The molecule has 0 atom stereocenters. The molecular weight excluding hydrogens is 393 g/mol. The summed E-state index contributed by atoms with van der Waals surface area (Å²) in [6.07, 6.45) is 0.341. The number of hydrogen-bond donors (Lipinski definition) is 2. The Labute approximate surface area is 173 Å². The molecule has 3 rings (SSSR count). The van der Waals surface area contributed by atoms with Gasteiger partial charge in [0.05, 0.1) is 18.4 Å². The third kappa shape index (κ3) is 6.95. The van der Waals surface area contributed by atoms with Crippen LogP contribution in [0, 0.1) is 0 Å². The van der Waals surface area contributed by atoms with Gasteiger partial charge in [0.1, 0.15) is 5.76 Å². The second kappa shape index (κ2) is 10.5. The Bertz CT molecular complexity index is 925. The number of guanidine groups is 1. The quantitative estimate of drug-likeness (QED) is 0.427. The van der Waals surface area contributed by atoms with Crippen LogP contribution in [0.3, 0.4) is 0 Å². The number of aromatic nitrogens is 1. The van der Waals surface area contributed by atoms with Crippen molar-refractivity contribution in [2.45, 2.75) is 25.6 Å². The molecule has 0 bridgehead atoms. The summed E-state index contributed by atoms with van der Waals surface area (Å²) < 4.78 is 44.1. The maximum Gasteiger partial charge on any atom is 0.416 e. The fourth-order valence-electron chi connectivity index (χ4n) is 2.80. The zero-order valence-corrected chi connectivity index (χ0v) is 16.3. The lowest BCUT2D eigenvalue weighted by molar-refractivity contribution is -0.137. The molecule has 0 unspecified atom stereocenters. The van der Waals surface area contributed by atoms with Gasteiger partial charge < -0.3 is 15.1 Å². The van der Waals surface area contributed by atoms with Crippen molar-refractivity contribution in [1.29, 1.82) is 0 Å². The van der Waals surface area contributed by atoms with E-state index in [4.69, 9.17) is 4.42 Å². The van der Waals surface area contributed by atoms with Crippen molar-refractivity contribution in [2.75, 3.05) is 13.1 Å². The van der Waals surface area contributed by atoms with Crippen molar-refractivity contribution in [3.05, 3.63) is 89.6 Å². The van der Waals surface area contributed by atoms with E-state index < -0.39 is 11.7 Å². The average Bonchev–Trinajstić information content (AvgIpc) is 3.25. The zero-order chi connectivity index (χ0) is 21.2. The molecule has 30 heavy (non-hydrogen) atoms. The molecule has 1 aromatic carbocycles. The number of halogens is 3. The molecule has 2 aromatic heterocycles. The van der Waals surface area contributed by atoms with Gasteiger partial charge in [0.15, 0.2) is 5.96 Å². The Hall–Kier alpha value is -3.29. The van der Waals surface area contributed by atoms with E-state index in [1.807, 2.05) is 30.3 Å². The van der Waals surface area contributed by atoms with E-state index in [0.29, 0.717) is 37.5 Å². The van der Waals surface area contributed by atoms with Crippen LogP contribution in [-0.4, -0.2) is 24.0 Å². The normalized spacial score (nSPS) is 12.0. The van der Waals surface area contributed by atoms with Gasteiger partial charge >= 0.3 is 6.18 Å². The van der Waals surface area contributed by atoms with E-state index in [0.717, 1.165) is 23.6 Å². The van der Waals surface area contributed by atoms with Gasteiger partial charge in [-0.1, -0.05) is 18.2 Å². The van der Waals surface area contributed by atoms with Gasteiger partial charge in [0, 0.05) is 37.8 Å². The van der Waals surface area contributed by atoms with Crippen LogP contribution < -0.4 is 10.6 Å². The molecule has 0 saturated heterocycles. The number of nitrogens with one attached hydrogen (secondary N) is 2. The average molecular weight is 416 g/mol. The molecule has 0 fully saturated rings. The number of hydrogen-bond acceptors (Lipinski definition) is 3. The first-order valence-electron chi connectivity index (χ1n) is 9.61. The summed E-state index contributed by atoms with van der Waals surface area (Å²) in [5.41, 5.74) is 0.755. The number of alkyl halides is 3. The highest BCUT2D eigenvalue weighted by molar-refractivity contribution is 5.79. The van der Waals surface area contributed by atoms with Crippen LogP contribution >= 0.6 is 0 Å². The predicted octanol–water partition coefficient (Wildman–Crippen LogP) is 4.21. The standard InChI is InChI=1S/C22H23F3N4O/c23-22(24,25)18-6-3-5-17(15-18)16-29-21(28-13-10-20-8-4-14-30-20)27-12-9-19-7-1-2-11-26-19/h1-8,11,14-15H,9-10,12-13,16H2,(H2,27,28,29). The summed E-state index contributed by atoms with van der Waals surface area (Å²) in [6, 6.07) is 14.6. The summed E-state index contributed by atoms with van der Waals surface area (Å²) in [5.74, 6) is 1.36. The molecule has 2 N–H and O–H groups in total. The Morgan fingerprint density at radius 1 is 0.967 bits per heavy atom. The van der Waals surface area contributed by atoms with Crippen LogP contribution in [0.15, 0.2) is 76.5 Å². The van der Waals surface area contributed by atoms with Crippen LogP contribution in [0.2, 0.25) is 0 Å². The van der Waals surface area contributed by atoms with Crippen molar-refractivity contribution >= 4 is 5.96 Å². The van der Waals surface area contributed by atoms with Crippen LogP contribution in [-0.2, 0) is 25.6 Å². The monoisotopic (exact) mass is 416 g/mol. The summed E-state index contributed by atoms with van der Waals surface area (Å²) in [5, 5.41) is 6.41.